The van der Waals surface area contributed by atoms with E-state index in [1.807, 2.05) is 0 Å². The van der Waals surface area contributed by atoms with Crippen LogP contribution in [0.15, 0.2) is 0 Å². The van der Waals surface area contributed by atoms with Crippen LogP contribution in [0.25, 0.3) is 0 Å². The van der Waals surface area contributed by atoms with Crippen LogP contribution in [0.5, 0.6) is 0 Å². The van der Waals surface area contributed by atoms with Crippen molar-refractivity contribution in [1.29, 1.82) is 0 Å². The van der Waals surface area contributed by atoms with E-state index in [1.165, 1.54) is 7.11 Å². The Morgan fingerprint density at radius 2 is 2.07 bits per heavy atom. The first-order valence-electron chi connectivity index (χ1n) is 4.28. The van der Waals surface area contributed by atoms with E-state index in [0.29, 0.717) is 0 Å². The van der Waals surface area contributed by atoms with E-state index < -0.39 is 29.1 Å². The average molecular weight is 247 g/mol. The van der Waals surface area contributed by atoms with Crippen LogP contribution in [0.2, 0.25) is 0 Å². The van der Waals surface area contributed by atoms with E-state index >= 15 is 0 Å². The average Bonchev–Trinajstić information content (AvgIpc) is 2.16. The van der Waals surface area contributed by atoms with Gasteiger partial charge in [0.25, 0.3) is 5.92 Å². The minimum absolute atomic E-state index is 0.233. The summed E-state index contributed by atoms with van der Waals surface area (Å²) in [6, 6.07) is 0. The summed E-state index contributed by atoms with van der Waals surface area (Å²) in [6.07, 6.45) is 0.233. The molecule has 2 N–H and O–H groups in total. The fourth-order valence-corrected chi connectivity index (χ4v) is 1.81. The maximum atomic E-state index is 12.5. The summed E-state index contributed by atoms with van der Waals surface area (Å²) in [5.41, 5.74) is 0. The predicted molar refractivity (Wildman–Crippen MR) is 50.3 cm³/mol. The van der Waals surface area contributed by atoms with Crippen molar-refractivity contribution in [3.63, 3.8) is 0 Å². The SMILES string of the molecule is COCCCS(=O)(=O)NCC(F)(F)CO. The molecule has 0 spiro atoms. The fourth-order valence-electron chi connectivity index (χ4n) is 0.737. The van der Waals surface area contributed by atoms with Crippen molar-refractivity contribution in [2.24, 2.45) is 0 Å². The predicted octanol–water partition coefficient (Wildman–Crippen LogP) is -0.430. The lowest BCUT2D eigenvalue weighted by atomic mass is 10.4. The maximum absolute atomic E-state index is 12.5. The Hall–Kier alpha value is -0.310. The summed E-state index contributed by atoms with van der Waals surface area (Å²) in [7, 11) is -2.30. The van der Waals surface area contributed by atoms with Crippen LogP contribution in [0.4, 0.5) is 8.78 Å². The van der Waals surface area contributed by atoms with Crippen molar-refractivity contribution in [3.05, 3.63) is 0 Å². The molecule has 0 atom stereocenters. The normalized spacial score (nSPS) is 13.1. The molecule has 0 bridgehead atoms. The fraction of sp³-hybridized carbons (Fsp3) is 1.00. The third kappa shape index (κ3) is 7.60. The molecule has 0 aromatic rings. The summed E-state index contributed by atoms with van der Waals surface area (Å²) < 4.78 is 53.5. The van der Waals surface area contributed by atoms with Gasteiger partial charge in [0.1, 0.15) is 6.61 Å². The monoisotopic (exact) mass is 247 g/mol. The van der Waals surface area contributed by atoms with Gasteiger partial charge in [-0.05, 0) is 6.42 Å². The molecular formula is C7H15F2NO4S. The van der Waals surface area contributed by atoms with Crippen LogP contribution >= 0.6 is 0 Å². The number of methoxy groups -OCH3 is 1. The molecule has 5 nitrogen and oxygen atoms in total. The molecule has 92 valence electrons. The number of aliphatic hydroxyl groups is 1. The third-order valence-electron chi connectivity index (χ3n) is 1.54. The van der Waals surface area contributed by atoms with E-state index in [-0.39, 0.29) is 18.8 Å². The number of hydrogen-bond donors (Lipinski definition) is 2. The molecule has 0 fully saturated rings. The largest absolute Gasteiger partial charge is 0.390 e. The first-order valence-corrected chi connectivity index (χ1v) is 5.93. The summed E-state index contributed by atoms with van der Waals surface area (Å²) in [6.45, 7) is -2.22. The van der Waals surface area contributed by atoms with Gasteiger partial charge in [-0.1, -0.05) is 0 Å². The summed E-state index contributed by atoms with van der Waals surface area (Å²) >= 11 is 0. The quantitative estimate of drug-likeness (QED) is 0.571. The number of halogens is 2. The third-order valence-corrected chi connectivity index (χ3v) is 2.95. The number of hydrogen-bond acceptors (Lipinski definition) is 4. The molecule has 0 aliphatic heterocycles. The molecule has 8 heteroatoms. The zero-order chi connectivity index (χ0) is 11.9. The number of sulfonamides is 1. The molecule has 0 aromatic heterocycles. The Bertz CT molecular complexity index is 268. The number of ether oxygens (including phenoxy) is 1. The molecule has 0 aromatic carbocycles. The molecule has 0 heterocycles. The Kier molecular flexibility index (Phi) is 6.18. The van der Waals surface area contributed by atoms with Crippen molar-refractivity contribution in [2.45, 2.75) is 12.3 Å². The van der Waals surface area contributed by atoms with Crippen molar-refractivity contribution >= 4 is 10.0 Å². The number of alkyl halides is 2. The molecule has 0 rings (SSSR count). The van der Waals surface area contributed by atoms with Crippen molar-refractivity contribution < 1.29 is 27.0 Å². The van der Waals surface area contributed by atoms with E-state index in [2.05, 4.69) is 4.74 Å². The van der Waals surface area contributed by atoms with Gasteiger partial charge in [0.15, 0.2) is 0 Å². The highest BCUT2D eigenvalue weighted by Gasteiger charge is 2.29. The second-order valence-electron chi connectivity index (χ2n) is 3.00. The highest BCUT2D eigenvalue weighted by molar-refractivity contribution is 7.89. The topological polar surface area (TPSA) is 75.6 Å². The lowest BCUT2D eigenvalue weighted by Gasteiger charge is -2.13. The lowest BCUT2D eigenvalue weighted by molar-refractivity contribution is -0.0437. The minimum Gasteiger partial charge on any atom is -0.390 e. The molecule has 0 radical (unpaired) electrons. The number of rotatable bonds is 8. The lowest BCUT2D eigenvalue weighted by Crippen LogP contribution is -2.40. The van der Waals surface area contributed by atoms with E-state index in [4.69, 9.17) is 5.11 Å². The minimum atomic E-state index is -3.72. The molecule has 0 unspecified atom stereocenters. The highest BCUT2D eigenvalue weighted by Crippen LogP contribution is 2.10. The molecular weight excluding hydrogens is 232 g/mol. The van der Waals surface area contributed by atoms with E-state index in [1.54, 1.807) is 4.72 Å². The van der Waals surface area contributed by atoms with Gasteiger partial charge in [0, 0.05) is 13.7 Å². The van der Waals surface area contributed by atoms with Crippen molar-refractivity contribution in [3.8, 4) is 0 Å². The van der Waals surface area contributed by atoms with Gasteiger partial charge in [0.05, 0.1) is 12.3 Å². The first kappa shape index (κ1) is 14.7. The van der Waals surface area contributed by atoms with E-state index in [9.17, 15) is 17.2 Å². The van der Waals surface area contributed by atoms with Gasteiger partial charge in [-0.15, -0.1) is 0 Å². The van der Waals surface area contributed by atoms with Gasteiger partial charge in [-0.25, -0.2) is 21.9 Å². The Labute approximate surface area is 87.5 Å². The van der Waals surface area contributed by atoms with Crippen LogP contribution < -0.4 is 4.72 Å². The van der Waals surface area contributed by atoms with Gasteiger partial charge >= 0.3 is 0 Å². The summed E-state index contributed by atoms with van der Waals surface area (Å²) in [5.74, 6) is -3.70. The van der Waals surface area contributed by atoms with Gasteiger partial charge in [-0.3, -0.25) is 0 Å². The zero-order valence-electron chi connectivity index (χ0n) is 8.37. The molecule has 0 amide bonds. The highest BCUT2D eigenvalue weighted by atomic mass is 32.2. The molecule has 0 saturated heterocycles. The second kappa shape index (κ2) is 6.31. The molecule has 0 saturated carbocycles. The summed E-state index contributed by atoms with van der Waals surface area (Å²) in [5, 5.41) is 8.20. The molecule has 0 aliphatic rings. The van der Waals surface area contributed by atoms with Gasteiger partial charge in [0.2, 0.25) is 10.0 Å². The van der Waals surface area contributed by atoms with Crippen LogP contribution in [0.3, 0.4) is 0 Å². The van der Waals surface area contributed by atoms with Crippen LogP contribution in [0, 0.1) is 0 Å². The molecule has 15 heavy (non-hydrogen) atoms. The van der Waals surface area contributed by atoms with Crippen LogP contribution in [0.1, 0.15) is 6.42 Å². The Morgan fingerprint density at radius 3 is 2.53 bits per heavy atom. The summed E-state index contributed by atoms with van der Waals surface area (Å²) in [4.78, 5) is 0. The van der Waals surface area contributed by atoms with Crippen molar-refractivity contribution in [2.75, 3.05) is 32.6 Å². The van der Waals surface area contributed by atoms with Gasteiger partial charge < -0.3 is 9.84 Å². The Morgan fingerprint density at radius 1 is 1.47 bits per heavy atom. The smallest absolute Gasteiger partial charge is 0.283 e. The van der Waals surface area contributed by atoms with E-state index in [0.717, 1.165) is 0 Å². The van der Waals surface area contributed by atoms with Gasteiger partial charge in [-0.2, -0.15) is 0 Å². The first-order chi connectivity index (χ1) is 6.83. The number of nitrogens with one attached hydrogen (secondary N) is 1. The van der Waals surface area contributed by atoms with Crippen LogP contribution in [-0.4, -0.2) is 52.1 Å². The second-order valence-corrected chi connectivity index (χ2v) is 4.93. The number of aliphatic hydroxyl groups excluding tert-OH is 1. The standard InChI is InChI=1S/C7H15F2NO4S/c1-14-3-2-4-15(12,13)10-5-7(8,9)6-11/h10-11H,2-6H2,1H3. The van der Waals surface area contributed by atoms with Crippen LogP contribution in [-0.2, 0) is 14.8 Å². The Balaban J connectivity index is 3.94. The zero-order valence-corrected chi connectivity index (χ0v) is 9.19. The maximum Gasteiger partial charge on any atom is 0.283 e. The van der Waals surface area contributed by atoms with Crippen molar-refractivity contribution in [1.82, 2.24) is 4.72 Å². The molecule has 0 aliphatic carbocycles.